The van der Waals surface area contributed by atoms with Gasteiger partial charge in [0.15, 0.2) is 0 Å². The van der Waals surface area contributed by atoms with Gasteiger partial charge in [-0.1, -0.05) is 19.9 Å². The van der Waals surface area contributed by atoms with E-state index in [0.717, 1.165) is 18.4 Å². The molecule has 0 aromatic heterocycles. The molecule has 37 heavy (non-hydrogen) atoms. The van der Waals surface area contributed by atoms with E-state index in [1.165, 1.54) is 0 Å². The third kappa shape index (κ3) is 10.6. The van der Waals surface area contributed by atoms with Gasteiger partial charge in [-0.3, -0.25) is 9.59 Å². The maximum absolute atomic E-state index is 13.0. The Labute approximate surface area is 211 Å². The van der Waals surface area contributed by atoms with Crippen LogP contribution in [0, 0.1) is 0 Å². The number of rotatable bonds is 9. The summed E-state index contributed by atoms with van der Waals surface area (Å²) in [6.07, 6.45) is -2.44. The first-order valence-electron chi connectivity index (χ1n) is 11.3. The second-order valence-corrected chi connectivity index (χ2v) is 7.81. The molecule has 6 N–H and O–H groups in total. The Morgan fingerprint density at radius 2 is 1.62 bits per heavy atom. The highest BCUT2D eigenvalue weighted by Gasteiger charge is 2.38. The molecule has 0 saturated carbocycles. The van der Waals surface area contributed by atoms with E-state index in [1.807, 2.05) is 18.7 Å². The molecular formula is C23H30F3N5O6. The molecule has 1 heterocycles. The van der Waals surface area contributed by atoms with Crippen LogP contribution in [0.25, 0.3) is 6.08 Å². The predicted octanol–water partition coefficient (Wildman–Crippen LogP) is 2.74. The van der Waals surface area contributed by atoms with E-state index in [4.69, 9.17) is 20.7 Å². The highest BCUT2D eigenvalue weighted by Crippen LogP contribution is 2.28. The van der Waals surface area contributed by atoms with Crippen molar-refractivity contribution in [2.75, 3.05) is 26.2 Å². The lowest BCUT2D eigenvalue weighted by Gasteiger charge is -2.22. The molecule has 0 radical (unpaired) electrons. The topological polar surface area (TPSA) is 174 Å². The number of aliphatic carboxylic acids is 1. The molecular weight excluding hydrogens is 499 g/mol. The summed E-state index contributed by atoms with van der Waals surface area (Å²) in [6, 6.07) is 4.99. The molecule has 204 valence electrons. The Kier molecular flexibility index (Phi) is 12.1. The quantitative estimate of drug-likeness (QED) is 0.306. The van der Waals surface area contributed by atoms with Crippen LogP contribution in [-0.2, 0) is 9.59 Å². The molecule has 14 heteroatoms. The largest absolute Gasteiger partial charge is 0.490 e. The van der Waals surface area contributed by atoms with Crippen LogP contribution in [0.1, 0.15) is 49.0 Å². The van der Waals surface area contributed by atoms with Crippen molar-refractivity contribution in [1.82, 2.24) is 15.5 Å². The molecule has 0 spiro atoms. The molecule has 0 bridgehead atoms. The van der Waals surface area contributed by atoms with Crippen molar-refractivity contribution < 1.29 is 42.6 Å². The van der Waals surface area contributed by atoms with Gasteiger partial charge >= 0.3 is 18.2 Å². The van der Waals surface area contributed by atoms with E-state index in [2.05, 4.69) is 15.6 Å². The zero-order valence-corrected chi connectivity index (χ0v) is 20.4. The number of hydrogen-bond acceptors (Lipinski definition) is 6. The van der Waals surface area contributed by atoms with Crippen LogP contribution in [0.2, 0.25) is 0 Å². The first-order valence-corrected chi connectivity index (χ1v) is 11.3. The van der Waals surface area contributed by atoms with Crippen molar-refractivity contribution in [2.45, 2.75) is 39.3 Å². The zero-order valence-electron chi connectivity index (χ0n) is 20.4. The summed E-state index contributed by atoms with van der Waals surface area (Å²) in [6.45, 7) is 5.71. The minimum Gasteiger partial charge on any atom is -0.475 e. The summed E-state index contributed by atoms with van der Waals surface area (Å²) in [5.74, 6) is -2.84. The number of benzene rings is 1. The second kappa shape index (κ2) is 14.5. The van der Waals surface area contributed by atoms with Crippen LogP contribution in [-0.4, -0.2) is 77.2 Å². The maximum atomic E-state index is 13.0. The van der Waals surface area contributed by atoms with E-state index in [-0.39, 0.29) is 31.3 Å². The molecule has 0 atom stereocenters. The van der Waals surface area contributed by atoms with Crippen molar-refractivity contribution in [1.29, 1.82) is 0 Å². The highest BCUT2D eigenvalue weighted by molar-refractivity contribution is 6.06. The van der Waals surface area contributed by atoms with Gasteiger partial charge < -0.3 is 31.5 Å². The van der Waals surface area contributed by atoms with Crippen LogP contribution >= 0.6 is 0 Å². The number of halogens is 3. The van der Waals surface area contributed by atoms with Gasteiger partial charge in [-0.05, 0) is 31.1 Å². The predicted molar refractivity (Wildman–Crippen MR) is 130 cm³/mol. The number of nitrogens with zero attached hydrogens (tertiary/aromatic N) is 2. The van der Waals surface area contributed by atoms with Gasteiger partial charge in [0, 0.05) is 49.3 Å². The fourth-order valence-corrected chi connectivity index (χ4v) is 3.17. The molecule has 0 fully saturated rings. The number of carbonyl (C=O) groups is 4. The van der Waals surface area contributed by atoms with Crippen LogP contribution in [0.15, 0.2) is 28.8 Å². The van der Waals surface area contributed by atoms with E-state index < -0.39 is 18.2 Å². The standard InChI is InChI=1S/C21H29N5O4.C2HF3O2/c1-3-9-26(10-4-2)20(28)16-11-14-5-6-15(12-17(14)25-18(22)13-16)19(27)23-7-8-24-21(29)30;3-2(4,5)1(6)7/h5-6,11-12,24H,3-4,7-10,13H2,1-2H3,(H2,22,25)(H,23,27)(H,29,30);(H,6,7). The van der Waals surface area contributed by atoms with Crippen molar-refractivity contribution in [2.24, 2.45) is 10.7 Å². The molecule has 1 aromatic rings. The number of alkyl halides is 3. The summed E-state index contributed by atoms with van der Waals surface area (Å²) >= 11 is 0. The second-order valence-electron chi connectivity index (χ2n) is 7.81. The van der Waals surface area contributed by atoms with Crippen molar-refractivity contribution in [3.63, 3.8) is 0 Å². The molecule has 11 nitrogen and oxygen atoms in total. The van der Waals surface area contributed by atoms with Crippen LogP contribution < -0.4 is 16.4 Å². The fourth-order valence-electron chi connectivity index (χ4n) is 3.17. The van der Waals surface area contributed by atoms with E-state index in [0.29, 0.717) is 35.7 Å². The van der Waals surface area contributed by atoms with Crippen LogP contribution in [0.4, 0.5) is 23.7 Å². The van der Waals surface area contributed by atoms with E-state index in [9.17, 15) is 27.6 Å². The Morgan fingerprint density at radius 1 is 1.05 bits per heavy atom. The number of amides is 3. The van der Waals surface area contributed by atoms with E-state index >= 15 is 0 Å². The molecule has 2 rings (SSSR count). The van der Waals surface area contributed by atoms with Gasteiger partial charge in [-0.15, -0.1) is 0 Å². The lowest BCUT2D eigenvalue weighted by atomic mass is 10.0. The Bertz CT molecular complexity index is 1050. The molecule has 0 unspecified atom stereocenters. The Hall–Kier alpha value is -4.10. The summed E-state index contributed by atoms with van der Waals surface area (Å²) in [5.41, 5.74) is 8.24. The lowest BCUT2D eigenvalue weighted by Crippen LogP contribution is -2.34. The lowest BCUT2D eigenvalue weighted by molar-refractivity contribution is -0.192. The maximum Gasteiger partial charge on any atom is 0.490 e. The summed E-state index contributed by atoms with van der Waals surface area (Å²) < 4.78 is 31.7. The first kappa shape index (κ1) is 30.9. The van der Waals surface area contributed by atoms with E-state index in [1.54, 1.807) is 24.3 Å². The van der Waals surface area contributed by atoms with Crippen LogP contribution in [0.5, 0.6) is 0 Å². The third-order valence-corrected chi connectivity index (χ3v) is 4.74. The normalized spacial score (nSPS) is 12.5. The Balaban J connectivity index is 0.000000856. The Morgan fingerprint density at radius 3 is 2.14 bits per heavy atom. The number of nitrogens with two attached hydrogens (primary N) is 1. The molecule has 0 aliphatic carbocycles. The summed E-state index contributed by atoms with van der Waals surface area (Å²) in [5, 5.41) is 20.5. The minimum atomic E-state index is -5.08. The third-order valence-electron chi connectivity index (χ3n) is 4.74. The van der Waals surface area contributed by atoms with Gasteiger partial charge in [0.1, 0.15) is 5.84 Å². The molecule has 3 amide bonds. The van der Waals surface area contributed by atoms with Crippen molar-refractivity contribution in [3.05, 3.63) is 34.9 Å². The number of carboxylic acid groups (broad SMARTS) is 2. The molecule has 1 aliphatic heterocycles. The average molecular weight is 530 g/mol. The number of aliphatic imine (C=N–C) groups is 1. The number of carboxylic acids is 1. The minimum absolute atomic E-state index is 0.0440. The number of fused-ring (bicyclic) bond motifs is 1. The molecule has 0 saturated heterocycles. The SMILES string of the molecule is CCCN(CCC)C(=O)C1=Cc2ccc(C(=O)NCCNC(=O)O)cc2N=C(N)C1.O=C(O)C(F)(F)F. The van der Waals surface area contributed by atoms with Crippen LogP contribution in [0.3, 0.4) is 0 Å². The summed E-state index contributed by atoms with van der Waals surface area (Å²) in [4.78, 5) is 50.9. The number of nitrogens with one attached hydrogen (secondary N) is 2. The average Bonchev–Trinajstić information content (AvgIpc) is 2.98. The first-order chi connectivity index (χ1) is 17.3. The zero-order chi connectivity index (χ0) is 28.2. The monoisotopic (exact) mass is 529 g/mol. The smallest absolute Gasteiger partial charge is 0.475 e. The molecule has 1 aliphatic rings. The fraction of sp³-hybridized carbons (Fsp3) is 0.435. The van der Waals surface area contributed by atoms with Crippen molar-refractivity contribution >= 4 is 41.5 Å². The van der Waals surface area contributed by atoms with Gasteiger partial charge in [-0.25, -0.2) is 14.6 Å². The number of amidine groups is 1. The molecule has 1 aromatic carbocycles. The van der Waals surface area contributed by atoms with Gasteiger partial charge in [-0.2, -0.15) is 13.2 Å². The number of hydrogen-bond donors (Lipinski definition) is 5. The van der Waals surface area contributed by atoms with Gasteiger partial charge in [0.2, 0.25) is 5.91 Å². The van der Waals surface area contributed by atoms with Crippen molar-refractivity contribution in [3.8, 4) is 0 Å². The number of carbonyl (C=O) groups excluding carboxylic acids is 2. The summed E-state index contributed by atoms with van der Waals surface area (Å²) in [7, 11) is 0. The highest BCUT2D eigenvalue weighted by atomic mass is 19.4. The van der Waals surface area contributed by atoms with Gasteiger partial charge in [0.05, 0.1) is 5.69 Å². The van der Waals surface area contributed by atoms with Gasteiger partial charge in [0.25, 0.3) is 5.91 Å².